The van der Waals surface area contributed by atoms with Crippen LogP contribution >= 0.6 is 0 Å². The lowest BCUT2D eigenvalue weighted by atomic mass is 10.1. The number of nitrogens with zero attached hydrogens (tertiary/aromatic N) is 1. The molecular formula is C26H30N2O4S. The second-order valence-corrected chi connectivity index (χ2v) is 9.81. The van der Waals surface area contributed by atoms with Crippen molar-refractivity contribution >= 4 is 21.6 Å². The lowest BCUT2D eigenvalue weighted by Gasteiger charge is -2.25. The molecular weight excluding hydrogens is 436 g/mol. The first-order valence-corrected chi connectivity index (χ1v) is 12.3. The SMILES string of the molecule is CCOc1ccc(N(CC(=O)N[C@H](C)c2ccc(C)cc2)S(=O)(=O)c2ccc(C)cc2)cc1. The Morgan fingerprint density at radius 2 is 1.45 bits per heavy atom. The molecule has 7 heteroatoms. The minimum Gasteiger partial charge on any atom is -0.494 e. The summed E-state index contributed by atoms with van der Waals surface area (Å²) < 4.78 is 33.6. The average Bonchev–Trinajstić information content (AvgIpc) is 2.79. The van der Waals surface area contributed by atoms with Crippen molar-refractivity contribution < 1.29 is 17.9 Å². The molecule has 0 aliphatic carbocycles. The first-order chi connectivity index (χ1) is 15.7. The van der Waals surface area contributed by atoms with E-state index in [4.69, 9.17) is 4.74 Å². The average molecular weight is 467 g/mol. The van der Waals surface area contributed by atoms with Gasteiger partial charge in [0, 0.05) is 0 Å². The highest BCUT2D eigenvalue weighted by atomic mass is 32.2. The molecule has 0 unspecified atom stereocenters. The second-order valence-electron chi connectivity index (χ2n) is 7.95. The van der Waals surface area contributed by atoms with E-state index in [1.54, 1.807) is 48.5 Å². The summed E-state index contributed by atoms with van der Waals surface area (Å²) in [5, 5.41) is 2.91. The van der Waals surface area contributed by atoms with Crippen LogP contribution in [0.1, 0.15) is 36.6 Å². The van der Waals surface area contributed by atoms with Crippen molar-refractivity contribution in [3.05, 3.63) is 89.5 Å². The largest absolute Gasteiger partial charge is 0.494 e. The third-order valence-corrected chi connectivity index (χ3v) is 7.07. The van der Waals surface area contributed by atoms with Crippen molar-refractivity contribution in [3.8, 4) is 5.75 Å². The first kappa shape index (κ1) is 24.3. The molecule has 1 N–H and O–H groups in total. The van der Waals surface area contributed by atoms with E-state index in [-0.39, 0.29) is 17.5 Å². The molecule has 3 aromatic rings. The topological polar surface area (TPSA) is 75.7 Å². The fourth-order valence-electron chi connectivity index (χ4n) is 3.38. The van der Waals surface area contributed by atoms with Gasteiger partial charge in [0.1, 0.15) is 12.3 Å². The van der Waals surface area contributed by atoms with E-state index >= 15 is 0 Å². The zero-order valence-electron chi connectivity index (χ0n) is 19.4. The van der Waals surface area contributed by atoms with E-state index in [2.05, 4.69) is 5.32 Å². The van der Waals surface area contributed by atoms with Crippen LogP contribution in [-0.4, -0.2) is 27.5 Å². The number of anilines is 1. The van der Waals surface area contributed by atoms with Crippen LogP contribution < -0.4 is 14.4 Å². The van der Waals surface area contributed by atoms with Crippen LogP contribution in [0.15, 0.2) is 77.7 Å². The van der Waals surface area contributed by atoms with Crippen LogP contribution in [0.25, 0.3) is 0 Å². The monoisotopic (exact) mass is 466 g/mol. The summed E-state index contributed by atoms with van der Waals surface area (Å²) in [4.78, 5) is 13.1. The number of hydrogen-bond acceptors (Lipinski definition) is 4. The van der Waals surface area contributed by atoms with Gasteiger partial charge in [-0.3, -0.25) is 9.10 Å². The van der Waals surface area contributed by atoms with Gasteiger partial charge < -0.3 is 10.1 Å². The Bertz CT molecular complexity index is 1170. The number of carbonyl (C=O) groups excluding carboxylic acids is 1. The Kier molecular flexibility index (Phi) is 7.76. The summed E-state index contributed by atoms with van der Waals surface area (Å²) in [6.45, 7) is 7.79. The van der Waals surface area contributed by atoms with Crippen LogP contribution in [0, 0.1) is 13.8 Å². The fraction of sp³-hybridized carbons (Fsp3) is 0.269. The van der Waals surface area contributed by atoms with Crippen molar-refractivity contribution in [2.24, 2.45) is 0 Å². The third kappa shape index (κ3) is 6.14. The van der Waals surface area contributed by atoms with E-state index in [1.165, 1.54) is 0 Å². The quantitative estimate of drug-likeness (QED) is 0.493. The first-order valence-electron chi connectivity index (χ1n) is 10.9. The maximum Gasteiger partial charge on any atom is 0.264 e. The minimum absolute atomic E-state index is 0.126. The van der Waals surface area contributed by atoms with E-state index in [0.717, 1.165) is 21.0 Å². The van der Waals surface area contributed by atoms with Crippen LogP contribution in [0.3, 0.4) is 0 Å². The summed E-state index contributed by atoms with van der Waals surface area (Å²) in [6.07, 6.45) is 0. The van der Waals surface area contributed by atoms with Gasteiger partial charge >= 0.3 is 0 Å². The molecule has 0 saturated heterocycles. The molecule has 0 heterocycles. The zero-order valence-corrected chi connectivity index (χ0v) is 20.2. The van der Waals surface area contributed by atoms with E-state index in [9.17, 15) is 13.2 Å². The number of sulfonamides is 1. The van der Waals surface area contributed by atoms with Crippen molar-refractivity contribution in [1.29, 1.82) is 0 Å². The summed E-state index contributed by atoms with van der Waals surface area (Å²) in [5.74, 6) is 0.235. The summed E-state index contributed by atoms with van der Waals surface area (Å²) in [7, 11) is -3.97. The van der Waals surface area contributed by atoms with Crippen molar-refractivity contribution in [1.82, 2.24) is 5.32 Å². The van der Waals surface area contributed by atoms with Gasteiger partial charge in [-0.1, -0.05) is 47.5 Å². The molecule has 3 rings (SSSR count). The molecule has 0 aromatic heterocycles. The predicted molar refractivity (Wildman–Crippen MR) is 131 cm³/mol. The van der Waals surface area contributed by atoms with Crippen molar-refractivity contribution in [2.45, 2.75) is 38.6 Å². The van der Waals surface area contributed by atoms with Gasteiger partial charge in [0.15, 0.2) is 0 Å². The predicted octanol–water partition coefficient (Wildman–Crippen LogP) is 4.77. The van der Waals surface area contributed by atoms with Gasteiger partial charge in [-0.05, 0) is 69.7 Å². The highest BCUT2D eigenvalue weighted by Gasteiger charge is 2.27. The maximum absolute atomic E-state index is 13.5. The van der Waals surface area contributed by atoms with Crippen LogP contribution in [0.5, 0.6) is 5.75 Å². The second kappa shape index (κ2) is 10.5. The van der Waals surface area contributed by atoms with Crippen molar-refractivity contribution in [3.63, 3.8) is 0 Å². The molecule has 0 bridgehead atoms. The molecule has 174 valence electrons. The lowest BCUT2D eigenvalue weighted by molar-refractivity contribution is -0.120. The third-order valence-electron chi connectivity index (χ3n) is 5.29. The molecule has 1 amide bonds. The zero-order chi connectivity index (χ0) is 24.0. The van der Waals surface area contributed by atoms with Gasteiger partial charge in [0.05, 0.1) is 23.2 Å². The van der Waals surface area contributed by atoms with E-state index in [1.807, 2.05) is 52.0 Å². The van der Waals surface area contributed by atoms with Gasteiger partial charge in [-0.25, -0.2) is 8.42 Å². The molecule has 1 atom stereocenters. The van der Waals surface area contributed by atoms with Gasteiger partial charge in [-0.2, -0.15) is 0 Å². The van der Waals surface area contributed by atoms with Crippen LogP contribution in [0.4, 0.5) is 5.69 Å². The maximum atomic E-state index is 13.5. The molecule has 0 aliphatic heterocycles. The van der Waals surface area contributed by atoms with Crippen LogP contribution in [-0.2, 0) is 14.8 Å². The summed E-state index contributed by atoms with van der Waals surface area (Å²) in [5.41, 5.74) is 3.41. The number of carbonyl (C=O) groups is 1. The number of nitrogens with one attached hydrogen (secondary N) is 1. The standard InChI is InChI=1S/C26H30N2O4S/c1-5-32-24-14-12-23(13-15-24)28(33(30,31)25-16-8-20(3)9-17-25)18-26(29)27-21(4)22-10-6-19(2)7-11-22/h6-17,21H,5,18H2,1-4H3,(H,27,29)/t21-/m1/s1. The van der Waals surface area contributed by atoms with E-state index < -0.39 is 15.9 Å². The Morgan fingerprint density at radius 1 is 0.909 bits per heavy atom. The molecule has 0 spiro atoms. The smallest absolute Gasteiger partial charge is 0.264 e. The van der Waals surface area contributed by atoms with Crippen molar-refractivity contribution in [2.75, 3.05) is 17.5 Å². The Labute approximate surface area is 196 Å². The molecule has 0 saturated carbocycles. The number of hydrogen-bond donors (Lipinski definition) is 1. The number of benzene rings is 3. The highest BCUT2D eigenvalue weighted by Crippen LogP contribution is 2.26. The molecule has 0 radical (unpaired) electrons. The number of amides is 1. The Balaban J connectivity index is 1.88. The number of rotatable bonds is 9. The minimum atomic E-state index is -3.97. The van der Waals surface area contributed by atoms with Crippen LogP contribution in [0.2, 0.25) is 0 Å². The normalized spacial score (nSPS) is 12.1. The van der Waals surface area contributed by atoms with Gasteiger partial charge in [0.2, 0.25) is 5.91 Å². The highest BCUT2D eigenvalue weighted by molar-refractivity contribution is 7.92. The molecule has 33 heavy (non-hydrogen) atoms. The Morgan fingerprint density at radius 3 is 2.00 bits per heavy atom. The van der Waals surface area contributed by atoms with E-state index in [0.29, 0.717) is 18.0 Å². The fourth-order valence-corrected chi connectivity index (χ4v) is 4.80. The molecule has 6 nitrogen and oxygen atoms in total. The summed E-state index contributed by atoms with van der Waals surface area (Å²) >= 11 is 0. The summed E-state index contributed by atoms with van der Waals surface area (Å²) in [6, 6.07) is 20.9. The Hall–Kier alpha value is -3.32. The molecule has 0 aliphatic rings. The van der Waals surface area contributed by atoms with Gasteiger partial charge in [0.25, 0.3) is 10.0 Å². The number of aryl methyl sites for hydroxylation is 2. The molecule has 0 fully saturated rings. The molecule has 3 aromatic carbocycles. The van der Waals surface area contributed by atoms with Gasteiger partial charge in [-0.15, -0.1) is 0 Å². The number of ether oxygens (including phenoxy) is 1. The lowest BCUT2D eigenvalue weighted by Crippen LogP contribution is -2.41.